The molecule has 176 valence electrons. The van der Waals surface area contributed by atoms with Crippen LogP contribution in [0.2, 0.25) is 0 Å². The van der Waals surface area contributed by atoms with Gasteiger partial charge in [0.15, 0.2) is 6.17 Å². The first kappa shape index (κ1) is 27.2. The summed E-state index contributed by atoms with van der Waals surface area (Å²) in [6, 6.07) is 0. The molecule has 0 saturated carbocycles. The Balaban J connectivity index is 1.87. The van der Waals surface area contributed by atoms with Crippen molar-refractivity contribution in [2.24, 2.45) is 0 Å². The molecule has 30 heavy (non-hydrogen) atoms. The van der Waals surface area contributed by atoms with Gasteiger partial charge in [-0.15, -0.1) is 0 Å². The number of quaternary nitrogens is 1. The molecule has 1 heterocycles. The van der Waals surface area contributed by atoms with Crippen LogP contribution in [-0.2, 0) is 0 Å². The molecule has 2 atom stereocenters. The Morgan fingerprint density at radius 1 is 0.767 bits per heavy atom. The van der Waals surface area contributed by atoms with Crippen molar-refractivity contribution in [3.8, 4) is 0 Å². The average Bonchev–Trinajstić information content (AvgIpc) is 3.16. The van der Waals surface area contributed by atoms with Crippen LogP contribution < -0.4 is 5.32 Å². The van der Waals surface area contributed by atoms with Gasteiger partial charge in [0.1, 0.15) is 12.7 Å². The summed E-state index contributed by atoms with van der Waals surface area (Å²) in [5.74, 6) is 0. The molecule has 0 aromatic carbocycles. The summed E-state index contributed by atoms with van der Waals surface area (Å²) in [5.41, 5.74) is 0. The van der Waals surface area contributed by atoms with E-state index in [0.717, 1.165) is 17.6 Å². The minimum atomic E-state index is 0.259. The van der Waals surface area contributed by atoms with Gasteiger partial charge < -0.3 is 10.4 Å². The number of nitrogens with one attached hydrogen (secondary N) is 1. The SMILES string of the molecule is CCCCCCCCCCCCCCC/C=C/CCCC1NC=C[N+]1(CC)CCO. The van der Waals surface area contributed by atoms with Crippen LogP contribution in [0.5, 0.6) is 0 Å². The highest BCUT2D eigenvalue weighted by molar-refractivity contribution is 4.86. The van der Waals surface area contributed by atoms with Crippen molar-refractivity contribution < 1.29 is 9.59 Å². The Morgan fingerprint density at radius 3 is 1.83 bits per heavy atom. The summed E-state index contributed by atoms with van der Waals surface area (Å²) in [6.45, 7) is 6.63. The zero-order chi connectivity index (χ0) is 21.8. The number of hydrogen-bond donors (Lipinski definition) is 2. The Hall–Kier alpha value is -0.800. The van der Waals surface area contributed by atoms with Crippen molar-refractivity contribution in [3.05, 3.63) is 24.6 Å². The number of aliphatic hydroxyl groups is 1. The van der Waals surface area contributed by atoms with Gasteiger partial charge in [0, 0.05) is 6.42 Å². The van der Waals surface area contributed by atoms with Gasteiger partial charge in [-0.3, -0.25) is 4.48 Å². The van der Waals surface area contributed by atoms with Crippen molar-refractivity contribution >= 4 is 0 Å². The first-order chi connectivity index (χ1) is 14.8. The van der Waals surface area contributed by atoms with E-state index in [2.05, 4.69) is 43.7 Å². The highest BCUT2D eigenvalue weighted by atomic mass is 16.3. The number of aliphatic hydroxyl groups excluding tert-OH is 1. The van der Waals surface area contributed by atoms with Crippen LogP contribution in [0.3, 0.4) is 0 Å². The summed E-state index contributed by atoms with van der Waals surface area (Å²) in [6.07, 6.45) is 32.9. The van der Waals surface area contributed by atoms with E-state index < -0.39 is 0 Å². The topological polar surface area (TPSA) is 32.3 Å². The minimum Gasteiger partial charge on any atom is -0.390 e. The zero-order valence-corrected chi connectivity index (χ0v) is 20.4. The van der Waals surface area contributed by atoms with Gasteiger partial charge in [-0.1, -0.05) is 96.1 Å². The molecule has 2 unspecified atom stereocenters. The fourth-order valence-electron chi connectivity index (χ4n) is 4.74. The Kier molecular flexibility index (Phi) is 17.2. The molecule has 0 aromatic heterocycles. The maximum Gasteiger partial charge on any atom is 0.166 e. The maximum atomic E-state index is 9.38. The zero-order valence-electron chi connectivity index (χ0n) is 20.4. The van der Waals surface area contributed by atoms with Crippen LogP contribution in [0, 0.1) is 0 Å². The van der Waals surface area contributed by atoms with Crippen LogP contribution in [0.1, 0.15) is 123 Å². The number of nitrogens with zero attached hydrogens (tertiary/aromatic N) is 1. The van der Waals surface area contributed by atoms with Crippen LogP contribution in [0.4, 0.5) is 0 Å². The van der Waals surface area contributed by atoms with E-state index in [1.807, 2.05) is 0 Å². The third kappa shape index (κ3) is 12.2. The average molecular weight is 422 g/mol. The van der Waals surface area contributed by atoms with Crippen molar-refractivity contribution in [2.45, 2.75) is 129 Å². The molecule has 3 heteroatoms. The number of rotatable bonds is 21. The fraction of sp³-hybridized carbons (Fsp3) is 0.852. The number of unbranched alkanes of at least 4 members (excludes halogenated alkanes) is 14. The molecule has 0 fully saturated rings. The summed E-state index contributed by atoms with van der Waals surface area (Å²) < 4.78 is 0.888. The lowest BCUT2D eigenvalue weighted by molar-refractivity contribution is -0.900. The van der Waals surface area contributed by atoms with E-state index in [0.29, 0.717) is 6.17 Å². The van der Waals surface area contributed by atoms with Crippen molar-refractivity contribution in [1.82, 2.24) is 5.32 Å². The molecular weight excluding hydrogens is 368 g/mol. The summed E-state index contributed by atoms with van der Waals surface area (Å²) in [4.78, 5) is 0. The highest BCUT2D eigenvalue weighted by Crippen LogP contribution is 2.22. The van der Waals surface area contributed by atoms with Gasteiger partial charge in [0.25, 0.3) is 0 Å². The molecule has 3 nitrogen and oxygen atoms in total. The monoisotopic (exact) mass is 421 g/mol. The standard InChI is InChI=1S/C27H53N2O/c1-3-5-6-7-8-9-10-11-12-13-14-15-16-17-18-19-20-21-22-27-28-23-24-29(27,4-2)25-26-30/h18-19,23-24,27-28,30H,3-17,20-22,25-26H2,1-2H3/q+1/b19-18+. The molecular formula is C27H53N2O+. The Morgan fingerprint density at radius 2 is 1.30 bits per heavy atom. The molecule has 0 aliphatic carbocycles. The van der Waals surface area contributed by atoms with E-state index in [1.165, 1.54) is 109 Å². The predicted molar refractivity (Wildman–Crippen MR) is 132 cm³/mol. The van der Waals surface area contributed by atoms with E-state index in [4.69, 9.17) is 0 Å². The number of likely N-dealkylation sites (N-methyl/N-ethyl adjacent to an activating group) is 1. The van der Waals surface area contributed by atoms with Crippen LogP contribution in [0.25, 0.3) is 0 Å². The van der Waals surface area contributed by atoms with Crippen molar-refractivity contribution in [1.29, 1.82) is 0 Å². The first-order valence-corrected chi connectivity index (χ1v) is 13.3. The number of allylic oxidation sites excluding steroid dienone is 2. The molecule has 1 aliphatic heterocycles. The van der Waals surface area contributed by atoms with E-state index in [1.54, 1.807) is 0 Å². The van der Waals surface area contributed by atoms with E-state index in [9.17, 15) is 5.11 Å². The lowest BCUT2D eigenvalue weighted by atomic mass is 10.0. The second-order valence-corrected chi connectivity index (χ2v) is 9.30. The molecule has 0 radical (unpaired) electrons. The van der Waals surface area contributed by atoms with Gasteiger partial charge in [-0.2, -0.15) is 0 Å². The van der Waals surface area contributed by atoms with Crippen LogP contribution in [-0.4, -0.2) is 35.5 Å². The van der Waals surface area contributed by atoms with Gasteiger partial charge in [0.2, 0.25) is 0 Å². The molecule has 1 rings (SSSR count). The normalized spacial score (nSPS) is 21.0. The molecule has 0 saturated heterocycles. The Labute approximate surface area is 188 Å². The van der Waals surface area contributed by atoms with Crippen LogP contribution in [0.15, 0.2) is 24.6 Å². The fourth-order valence-corrected chi connectivity index (χ4v) is 4.74. The second-order valence-electron chi connectivity index (χ2n) is 9.30. The minimum absolute atomic E-state index is 0.259. The van der Waals surface area contributed by atoms with Gasteiger partial charge in [-0.25, -0.2) is 0 Å². The largest absolute Gasteiger partial charge is 0.390 e. The summed E-state index contributed by atoms with van der Waals surface area (Å²) >= 11 is 0. The van der Waals surface area contributed by atoms with Crippen molar-refractivity contribution in [2.75, 3.05) is 19.7 Å². The Bertz CT molecular complexity index is 435. The highest BCUT2D eigenvalue weighted by Gasteiger charge is 2.35. The second kappa shape index (κ2) is 18.9. The lowest BCUT2D eigenvalue weighted by Crippen LogP contribution is -2.54. The molecule has 0 amide bonds. The third-order valence-corrected chi connectivity index (χ3v) is 6.88. The van der Waals surface area contributed by atoms with Crippen LogP contribution >= 0.6 is 0 Å². The molecule has 0 spiro atoms. The predicted octanol–water partition coefficient (Wildman–Crippen LogP) is 7.42. The van der Waals surface area contributed by atoms with Crippen molar-refractivity contribution in [3.63, 3.8) is 0 Å². The molecule has 0 aromatic rings. The molecule has 0 bridgehead atoms. The summed E-state index contributed by atoms with van der Waals surface area (Å²) in [5, 5.41) is 12.9. The quantitative estimate of drug-likeness (QED) is 0.115. The lowest BCUT2D eigenvalue weighted by Gasteiger charge is -2.36. The molecule has 1 aliphatic rings. The smallest absolute Gasteiger partial charge is 0.166 e. The number of hydrogen-bond acceptors (Lipinski definition) is 2. The van der Waals surface area contributed by atoms with Gasteiger partial charge in [-0.05, 0) is 32.6 Å². The van der Waals surface area contributed by atoms with Gasteiger partial charge in [0.05, 0.1) is 19.4 Å². The third-order valence-electron chi connectivity index (χ3n) is 6.88. The summed E-state index contributed by atoms with van der Waals surface area (Å²) in [7, 11) is 0. The van der Waals surface area contributed by atoms with E-state index >= 15 is 0 Å². The van der Waals surface area contributed by atoms with E-state index in [-0.39, 0.29) is 6.61 Å². The molecule has 2 N–H and O–H groups in total. The first-order valence-electron chi connectivity index (χ1n) is 13.3. The van der Waals surface area contributed by atoms with Gasteiger partial charge >= 0.3 is 0 Å². The maximum absolute atomic E-state index is 9.38.